The van der Waals surface area contributed by atoms with Crippen LogP contribution in [0.15, 0.2) is 16.5 Å². The lowest BCUT2D eigenvalue weighted by atomic mass is 10.2. The lowest BCUT2D eigenvalue weighted by Gasteiger charge is -2.03. The second-order valence-electron chi connectivity index (χ2n) is 4.63. The van der Waals surface area contributed by atoms with E-state index in [0.717, 1.165) is 12.8 Å². The zero-order valence-electron chi connectivity index (χ0n) is 10.3. The number of furan rings is 1. The number of aromatic carboxylic acids is 2. The Labute approximate surface area is 112 Å². The molecule has 1 aliphatic carbocycles. The van der Waals surface area contributed by atoms with Gasteiger partial charge in [0.1, 0.15) is 12.3 Å². The maximum absolute atomic E-state index is 11.1. The van der Waals surface area contributed by atoms with E-state index in [1.54, 1.807) is 0 Å². The summed E-state index contributed by atoms with van der Waals surface area (Å²) in [6.45, 7) is 0.166. The van der Waals surface area contributed by atoms with E-state index < -0.39 is 11.9 Å². The monoisotopic (exact) mass is 277 g/mol. The third-order valence-corrected chi connectivity index (χ3v) is 3.12. The van der Waals surface area contributed by atoms with E-state index >= 15 is 0 Å². The van der Waals surface area contributed by atoms with E-state index in [0.29, 0.717) is 11.5 Å². The van der Waals surface area contributed by atoms with Gasteiger partial charge in [0.15, 0.2) is 5.69 Å². The van der Waals surface area contributed by atoms with Gasteiger partial charge in [-0.15, -0.1) is 5.10 Å². The summed E-state index contributed by atoms with van der Waals surface area (Å²) in [7, 11) is 0. The average molecular weight is 277 g/mol. The number of hydrogen-bond donors (Lipinski definition) is 2. The Kier molecular flexibility index (Phi) is 2.78. The molecule has 3 rings (SSSR count). The van der Waals surface area contributed by atoms with Crippen molar-refractivity contribution in [1.82, 2.24) is 15.0 Å². The Hall–Kier alpha value is -2.64. The molecule has 104 valence electrons. The Balaban J connectivity index is 1.90. The smallest absolute Gasteiger partial charge is 0.371 e. The molecule has 0 radical (unpaired) electrons. The van der Waals surface area contributed by atoms with Gasteiger partial charge in [0, 0.05) is 5.92 Å². The van der Waals surface area contributed by atoms with Crippen LogP contribution in [0, 0.1) is 0 Å². The Bertz CT molecular complexity index is 683. The highest BCUT2D eigenvalue weighted by molar-refractivity contribution is 5.86. The van der Waals surface area contributed by atoms with Crippen molar-refractivity contribution in [3.8, 4) is 0 Å². The Morgan fingerprint density at radius 2 is 2.05 bits per heavy atom. The lowest BCUT2D eigenvalue weighted by molar-refractivity contribution is 0.0657. The predicted octanol–water partition coefficient (Wildman–Crippen LogP) is 1.19. The maximum Gasteiger partial charge on any atom is 0.371 e. The molecule has 1 saturated carbocycles. The fraction of sp³-hybridized carbons (Fsp3) is 0.333. The minimum atomic E-state index is -1.15. The van der Waals surface area contributed by atoms with Gasteiger partial charge in [-0.1, -0.05) is 5.21 Å². The van der Waals surface area contributed by atoms with Crippen LogP contribution < -0.4 is 0 Å². The number of carbonyl (C=O) groups is 2. The van der Waals surface area contributed by atoms with Gasteiger partial charge in [0.25, 0.3) is 0 Å². The first-order chi connectivity index (χ1) is 9.56. The molecule has 2 N–H and O–H groups in total. The summed E-state index contributed by atoms with van der Waals surface area (Å²) >= 11 is 0. The largest absolute Gasteiger partial charge is 0.476 e. The van der Waals surface area contributed by atoms with Gasteiger partial charge in [0.05, 0.1) is 5.69 Å². The molecule has 0 aromatic carbocycles. The van der Waals surface area contributed by atoms with Crippen molar-refractivity contribution in [2.24, 2.45) is 0 Å². The molecule has 2 heterocycles. The van der Waals surface area contributed by atoms with Crippen molar-refractivity contribution in [1.29, 1.82) is 0 Å². The van der Waals surface area contributed by atoms with Crippen LogP contribution in [0.4, 0.5) is 0 Å². The fourth-order valence-corrected chi connectivity index (χ4v) is 2.08. The van der Waals surface area contributed by atoms with E-state index in [-0.39, 0.29) is 23.9 Å². The molecule has 0 spiro atoms. The SMILES string of the molecule is O=C(O)c1ccc(Cn2nnc(C(=O)O)c2C2CC2)o1. The van der Waals surface area contributed by atoms with Crippen LogP contribution in [0.2, 0.25) is 0 Å². The van der Waals surface area contributed by atoms with Gasteiger partial charge in [-0.2, -0.15) is 0 Å². The van der Waals surface area contributed by atoms with Crippen LogP contribution in [0.25, 0.3) is 0 Å². The molecule has 8 heteroatoms. The molecule has 0 aliphatic heterocycles. The third-order valence-electron chi connectivity index (χ3n) is 3.12. The van der Waals surface area contributed by atoms with Crippen LogP contribution in [-0.4, -0.2) is 37.1 Å². The quantitative estimate of drug-likeness (QED) is 0.842. The molecule has 2 aromatic heterocycles. The van der Waals surface area contributed by atoms with Crippen LogP contribution >= 0.6 is 0 Å². The van der Waals surface area contributed by atoms with E-state index in [4.69, 9.17) is 14.6 Å². The van der Waals surface area contributed by atoms with Crippen molar-refractivity contribution in [3.05, 3.63) is 35.0 Å². The summed E-state index contributed by atoms with van der Waals surface area (Å²) in [5.41, 5.74) is 0.531. The molecule has 1 fully saturated rings. The van der Waals surface area contributed by atoms with Gasteiger partial charge >= 0.3 is 11.9 Å². The highest BCUT2D eigenvalue weighted by Crippen LogP contribution is 2.41. The molecule has 0 saturated heterocycles. The van der Waals surface area contributed by atoms with Crippen molar-refractivity contribution < 1.29 is 24.2 Å². The fourth-order valence-electron chi connectivity index (χ4n) is 2.08. The third kappa shape index (κ3) is 2.15. The summed E-state index contributed by atoms with van der Waals surface area (Å²) in [6.07, 6.45) is 1.82. The van der Waals surface area contributed by atoms with Crippen molar-refractivity contribution in [2.45, 2.75) is 25.3 Å². The highest BCUT2D eigenvalue weighted by Gasteiger charge is 2.33. The van der Waals surface area contributed by atoms with Crippen molar-refractivity contribution in [3.63, 3.8) is 0 Å². The molecular formula is C12H11N3O5. The highest BCUT2D eigenvalue weighted by atomic mass is 16.4. The summed E-state index contributed by atoms with van der Waals surface area (Å²) in [4.78, 5) is 21.8. The Morgan fingerprint density at radius 1 is 1.30 bits per heavy atom. The van der Waals surface area contributed by atoms with Crippen molar-refractivity contribution in [2.75, 3.05) is 0 Å². The van der Waals surface area contributed by atoms with E-state index in [2.05, 4.69) is 10.3 Å². The first-order valence-electron chi connectivity index (χ1n) is 6.05. The molecule has 20 heavy (non-hydrogen) atoms. The number of hydrogen-bond acceptors (Lipinski definition) is 5. The minimum Gasteiger partial charge on any atom is -0.476 e. The molecule has 2 aromatic rings. The standard InChI is InChI=1S/C12H11N3O5/c16-11(17)8-4-3-7(20-8)5-15-10(6-1-2-6)9(12(18)19)13-14-15/h3-4,6H,1-2,5H2,(H,16,17)(H,18,19). The van der Waals surface area contributed by atoms with Crippen LogP contribution in [0.1, 0.15) is 51.3 Å². The van der Waals surface area contributed by atoms with Crippen LogP contribution in [-0.2, 0) is 6.54 Å². The topological polar surface area (TPSA) is 118 Å². The second-order valence-corrected chi connectivity index (χ2v) is 4.63. The normalized spacial score (nSPS) is 14.4. The van der Waals surface area contributed by atoms with Gasteiger partial charge in [-0.05, 0) is 25.0 Å². The average Bonchev–Trinajstić information content (AvgIpc) is 2.97. The molecule has 0 amide bonds. The van der Waals surface area contributed by atoms with Crippen molar-refractivity contribution >= 4 is 11.9 Å². The molecule has 1 aliphatic rings. The molecular weight excluding hydrogens is 266 g/mol. The number of carboxylic acid groups (broad SMARTS) is 2. The van der Waals surface area contributed by atoms with Gasteiger partial charge in [-0.25, -0.2) is 14.3 Å². The van der Waals surface area contributed by atoms with Gasteiger partial charge in [-0.3, -0.25) is 0 Å². The predicted molar refractivity (Wildman–Crippen MR) is 63.7 cm³/mol. The summed E-state index contributed by atoms with van der Waals surface area (Å²) in [5.74, 6) is -1.87. The molecule has 0 bridgehead atoms. The molecule has 0 unspecified atom stereocenters. The van der Waals surface area contributed by atoms with Gasteiger partial charge < -0.3 is 14.6 Å². The lowest BCUT2D eigenvalue weighted by Crippen LogP contribution is -2.08. The molecule has 0 atom stereocenters. The molecule has 8 nitrogen and oxygen atoms in total. The number of nitrogens with zero attached hydrogens (tertiary/aromatic N) is 3. The van der Waals surface area contributed by atoms with Gasteiger partial charge in [0.2, 0.25) is 5.76 Å². The first-order valence-corrected chi connectivity index (χ1v) is 6.05. The minimum absolute atomic E-state index is 0.0440. The van der Waals surface area contributed by atoms with Crippen LogP contribution in [0.3, 0.4) is 0 Å². The van der Waals surface area contributed by atoms with E-state index in [1.165, 1.54) is 16.8 Å². The summed E-state index contributed by atoms with van der Waals surface area (Å²) in [6, 6.07) is 2.88. The summed E-state index contributed by atoms with van der Waals surface area (Å²) < 4.78 is 6.60. The second kappa shape index (κ2) is 4.48. The zero-order chi connectivity index (χ0) is 14.3. The number of aromatic nitrogens is 3. The first kappa shape index (κ1) is 12.4. The summed E-state index contributed by atoms with van der Waals surface area (Å²) in [5, 5.41) is 25.4. The Morgan fingerprint density at radius 3 is 2.60 bits per heavy atom. The van der Waals surface area contributed by atoms with Crippen LogP contribution in [0.5, 0.6) is 0 Å². The number of carboxylic acids is 2. The van der Waals surface area contributed by atoms with E-state index in [1.807, 2.05) is 0 Å². The van der Waals surface area contributed by atoms with E-state index in [9.17, 15) is 9.59 Å². The number of rotatable bonds is 5. The maximum atomic E-state index is 11.1. The zero-order valence-corrected chi connectivity index (χ0v) is 10.3.